The van der Waals surface area contributed by atoms with Crippen LogP contribution < -0.4 is 10.6 Å². The predicted octanol–water partition coefficient (Wildman–Crippen LogP) is 0.950. The van der Waals surface area contributed by atoms with Gasteiger partial charge in [-0.15, -0.1) is 0 Å². The molecule has 1 heterocycles. The predicted molar refractivity (Wildman–Crippen MR) is 95.0 cm³/mol. The molecule has 0 bridgehead atoms. The van der Waals surface area contributed by atoms with Crippen molar-refractivity contribution in [2.45, 2.75) is 26.7 Å². The van der Waals surface area contributed by atoms with Gasteiger partial charge >= 0.3 is 17.8 Å². The molecule has 1 aliphatic heterocycles. The molecular formula is C18H23N3O5. The number of nitrogen functional groups attached to an aromatic ring is 1. The Hall–Kier alpha value is -2.90. The molecule has 8 heteroatoms. The van der Waals surface area contributed by atoms with Crippen molar-refractivity contribution in [1.29, 1.82) is 0 Å². The largest absolute Gasteiger partial charge is 0.466 e. The Kier molecular flexibility index (Phi) is 6.32. The number of piperidine rings is 1. The van der Waals surface area contributed by atoms with Gasteiger partial charge in [0.2, 0.25) is 5.91 Å². The van der Waals surface area contributed by atoms with Crippen LogP contribution in [0.5, 0.6) is 0 Å². The van der Waals surface area contributed by atoms with Crippen LogP contribution in [0.25, 0.3) is 0 Å². The lowest BCUT2D eigenvalue weighted by molar-refractivity contribution is -0.153. The van der Waals surface area contributed by atoms with Crippen molar-refractivity contribution in [2.24, 2.45) is 5.92 Å². The van der Waals surface area contributed by atoms with Gasteiger partial charge in [-0.2, -0.15) is 0 Å². The Morgan fingerprint density at radius 1 is 1.31 bits per heavy atom. The number of imide groups is 1. The van der Waals surface area contributed by atoms with Crippen molar-refractivity contribution in [3.8, 4) is 0 Å². The maximum atomic E-state index is 12.7. The zero-order valence-electron chi connectivity index (χ0n) is 14.9. The maximum absolute atomic E-state index is 12.7. The second kappa shape index (κ2) is 8.46. The number of rotatable bonds is 3. The van der Waals surface area contributed by atoms with Gasteiger partial charge in [0.05, 0.1) is 18.2 Å². The first-order chi connectivity index (χ1) is 12.3. The molecule has 0 radical (unpaired) electrons. The summed E-state index contributed by atoms with van der Waals surface area (Å²) in [6, 6.07) is 6.18. The van der Waals surface area contributed by atoms with Gasteiger partial charge in [-0.1, -0.05) is 6.07 Å². The van der Waals surface area contributed by atoms with Gasteiger partial charge in [0.25, 0.3) is 0 Å². The third kappa shape index (κ3) is 4.38. The van der Waals surface area contributed by atoms with E-state index < -0.39 is 23.6 Å². The van der Waals surface area contributed by atoms with Gasteiger partial charge in [-0.3, -0.25) is 19.2 Å². The minimum atomic E-state index is -0.965. The molecule has 1 aromatic carbocycles. The van der Waals surface area contributed by atoms with E-state index >= 15 is 0 Å². The van der Waals surface area contributed by atoms with Crippen molar-refractivity contribution in [3.05, 3.63) is 24.3 Å². The second-order valence-corrected chi connectivity index (χ2v) is 6.10. The molecule has 26 heavy (non-hydrogen) atoms. The lowest BCUT2D eigenvalue weighted by Gasteiger charge is -2.32. The average Bonchev–Trinajstić information content (AvgIpc) is 2.61. The lowest BCUT2D eigenvalue weighted by Crippen LogP contribution is -2.51. The van der Waals surface area contributed by atoms with Crippen molar-refractivity contribution >= 4 is 35.1 Å². The number of hydrogen-bond acceptors (Lipinski definition) is 6. The molecule has 1 atom stereocenters. The molecule has 1 fully saturated rings. The average molecular weight is 361 g/mol. The molecule has 0 aromatic heterocycles. The highest BCUT2D eigenvalue weighted by Crippen LogP contribution is 2.21. The number of nitrogens with two attached hydrogens (primary N) is 1. The lowest BCUT2D eigenvalue weighted by atomic mass is 9.98. The number of benzene rings is 1. The fraction of sp³-hybridized carbons (Fsp3) is 0.444. The van der Waals surface area contributed by atoms with Crippen LogP contribution in [-0.4, -0.2) is 48.3 Å². The zero-order valence-corrected chi connectivity index (χ0v) is 14.9. The summed E-state index contributed by atoms with van der Waals surface area (Å²) in [7, 11) is 0. The van der Waals surface area contributed by atoms with Gasteiger partial charge in [0.15, 0.2) is 0 Å². The van der Waals surface area contributed by atoms with Crippen LogP contribution in [-0.2, 0) is 23.9 Å². The quantitative estimate of drug-likeness (QED) is 0.488. The SMILES string of the molecule is CCOC(=O)C1CCCN(C(=O)C(=O)N(C(C)=O)c2cccc(N)c2)C1. The van der Waals surface area contributed by atoms with E-state index in [1.165, 1.54) is 24.0 Å². The van der Waals surface area contributed by atoms with E-state index in [-0.39, 0.29) is 24.8 Å². The van der Waals surface area contributed by atoms with Gasteiger partial charge in [0.1, 0.15) is 0 Å². The van der Waals surface area contributed by atoms with E-state index in [1.54, 1.807) is 19.1 Å². The summed E-state index contributed by atoms with van der Waals surface area (Å²) in [6.07, 6.45) is 1.18. The summed E-state index contributed by atoms with van der Waals surface area (Å²) in [5.41, 5.74) is 6.30. The highest BCUT2D eigenvalue weighted by molar-refractivity contribution is 6.45. The number of esters is 1. The molecule has 2 rings (SSSR count). The zero-order chi connectivity index (χ0) is 19.3. The molecule has 1 saturated heterocycles. The van der Waals surface area contributed by atoms with E-state index in [9.17, 15) is 19.2 Å². The molecule has 1 aromatic rings. The molecule has 1 aliphatic rings. The Morgan fingerprint density at radius 3 is 2.65 bits per heavy atom. The van der Waals surface area contributed by atoms with Crippen molar-refractivity contribution in [3.63, 3.8) is 0 Å². The first-order valence-electron chi connectivity index (χ1n) is 8.51. The first kappa shape index (κ1) is 19.4. The Morgan fingerprint density at radius 2 is 2.04 bits per heavy atom. The normalized spacial score (nSPS) is 16.7. The number of anilines is 2. The van der Waals surface area contributed by atoms with Crippen LogP contribution in [0.3, 0.4) is 0 Å². The molecule has 8 nitrogen and oxygen atoms in total. The van der Waals surface area contributed by atoms with Crippen molar-refractivity contribution in [1.82, 2.24) is 4.90 Å². The van der Waals surface area contributed by atoms with E-state index in [1.807, 2.05) is 0 Å². The molecule has 0 aliphatic carbocycles. The van der Waals surface area contributed by atoms with E-state index in [2.05, 4.69) is 0 Å². The summed E-state index contributed by atoms with van der Waals surface area (Å²) < 4.78 is 5.00. The van der Waals surface area contributed by atoms with Crippen LogP contribution >= 0.6 is 0 Å². The highest BCUT2D eigenvalue weighted by atomic mass is 16.5. The third-order valence-corrected chi connectivity index (χ3v) is 4.16. The number of likely N-dealkylation sites (tertiary alicyclic amines) is 1. The number of hydrogen-bond donors (Lipinski definition) is 1. The monoisotopic (exact) mass is 361 g/mol. The summed E-state index contributed by atoms with van der Waals surface area (Å²) in [6.45, 7) is 3.63. The van der Waals surface area contributed by atoms with Crippen LogP contribution in [0.2, 0.25) is 0 Å². The van der Waals surface area contributed by atoms with Crippen LogP contribution in [0.1, 0.15) is 26.7 Å². The summed E-state index contributed by atoms with van der Waals surface area (Å²) in [5.74, 6) is -3.22. The van der Waals surface area contributed by atoms with E-state index in [4.69, 9.17) is 10.5 Å². The number of ether oxygens (including phenoxy) is 1. The van der Waals surface area contributed by atoms with Crippen LogP contribution in [0.15, 0.2) is 24.3 Å². The Balaban J connectivity index is 2.17. The van der Waals surface area contributed by atoms with E-state index in [0.29, 0.717) is 25.1 Å². The molecule has 140 valence electrons. The van der Waals surface area contributed by atoms with Crippen LogP contribution in [0, 0.1) is 5.92 Å². The van der Waals surface area contributed by atoms with Crippen molar-refractivity contribution < 1.29 is 23.9 Å². The summed E-state index contributed by atoms with van der Waals surface area (Å²) in [4.78, 5) is 51.3. The Bertz CT molecular complexity index is 719. The first-order valence-corrected chi connectivity index (χ1v) is 8.51. The van der Waals surface area contributed by atoms with Gasteiger partial charge in [0, 0.05) is 25.7 Å². The fourth-order valence-corrected chi connectivity index (χ4v) is 2.95. The number of carbonyl (C=O) groups excluding carboxylic acids is 4. The topological polar surface area (TPSA) is 110 Å². The number of amides is 3. The fourth-order valence-electron chi connectivity index (χ4n) is 2.95. The van der Waals surface area contributed by atoms with Gasteiger partial charge in [-0.25, -0.2) is 4.90 Å². The highest BCUT2D eigenvalue weighted by Gasteiger charge is 2.35. The molecule has 0 spiro atoms. The number of nitrogens with zero attached hydrogens (tertiary/aromatic N) is 2. The smallest absolute Gasteiger partial charge is 0.323 e. The molecule has 1 unspecified atom stereocenters. The minimum Gasteiger partial charge on any atom is -0.466 e. The molecular weight excluding hydrogens is 338 g/mol. The second-order valence-electron chi connectivity index (χ2n) is 6.10. The Labute approximate surface area is 151 Å². The molecule has 3 amide bonds. The standard InChI is InChI=1S/C18H23N3O5/c1-3-26-18(25)13-6-5-9-20(11-13)16(23)17(24)21(12(2)22)15-8-4-7-14(19)10-15/h4,7-8,10,13H,3,5-6,9,11,19H2,1-2H3. The maximum Gasteiger partial charge on any atom is 0.323 e. The summed E-state index contributed by atoms with van der Waals surface area (Å²) >= 11 is 0. The van der Waals surface area contributed by atoms with Crippen LogP contribution in [0.4, 0.5) is 11.4 Å². The van der Waals surface area contributed by atoms with Gasteiger partial charge < -0.3 is 15.4 Å². The summed E-state index contributed by atoms with van der Waals surface area (Å²) in [5, 5.41) is 0. The van der Waals surface area contributed by atoms with Crippen molar-refractivity contribution in [2.75, 3.05) is 30.3 Å². The third-order valence-electron chi connectivity index (χ3n) is 4.16. The minimum absolute atomic E-state index is 0.103. The van der Waals surface area contributed by atoms with Gasteiger partial charge in [-0.05, 0) is 38.0 Å². The number of carbonyl (C=O) groups is 4. The van der Waals surface area contributed by atoms with E-state index in [0.717, 1.165) is 4.90 Å². The molecule has 2 N–H and O–H groups in total. The molecule has 0 saturated carbocycles.